The molecule has 1 atom stereocenters. The second-order valence-corrected chi connectivity index (χ2v) is 7.31. The summed E-state index contributed by atoms with van der Waals surface area (Å²) in [7, 11) is 1.64. The number of nitrogens with zero attached hydrogens (tertiary/aromatic N) is 3. The maximum absolute atomic E-state index is 12.5. The lowest BCUT2D eigenvalue weighted by Crippen LogP contribution is -2.52. The topological polar surface area (TPSA) is 65.8 Å². The second-order valence-electron chi connectivity index (χ2n) is 7.31. The van der Waals surface area contributed by atoms with Crippen LogP contribution in [0.2, 0.25) is 0 Å². The summed E-state index contributed by atoms with van der Waals surface area (Å²) < 4.78 is 1.42. The first-order valence-corrected chi connectivity index (χ1v) is 8.05. The number of piperazine rings is 1. The van der Waals surface area contributed by atoms with Gasteiger partial charge in [0.25, 0.3) is 11.5 Å². The molecule has 0 saturated carbocycles. The van der Waals surface area contributed by atoms with Gasteiger partial charge in [0.15, 0.2) is 0 Å². The second kappa shape index (κ2) is 6.84. The molecular formula is C17H27N3O3. The van der Waals surface area contributed by atoms with E-state index < -0.39 is 6.10 Å². The molecule has 2 heterocycles. The summed E-state index contributed by atoms with van der Waals surface area (Å²) in [4.78, 5) is 28.4. The van der Waals surface area contributed by atoms with E-state index in [1.807, 2.05) is 20.8 Å². The van der Waals surface area contributed by atoms with Crippen LogP contribution in [0.5, 0.6) is 0 Å². The highest BCUT2D eigenvalue weighted by molar-refractivity contribution is 5.93. The van der Waals surface area contributed by atoms with Crippen LogP contribution in [0.3, 0.4) is 0 Å². The van der Waals surface area contributed by atoms with Crippen molar-refractivity contribution in [2.75, 3.05) is 32.7 Å². The number of carbonyl (C=O) groups is 1. The summed E-state index contributed by atoms with van der Waals surface area (Å²) in [5, 5.41) is 10.2. The normalized spacial score (nSPS) is 18.0. The van der Waals surface area contributed by atoms with E-state index in [9.17, 15) is 14.7 Å². The van der Waals surface area contributed by atoms with Crippen molar-refractivity contribution < 1.29 is 9.90 Å². The number of aliphatic hydroxyl groups excluding tert-OH is 1. The third-order valence-corrected chi connectivity index (χ3v) is 4.44. The standard InChI is InChI=1S/C17H27N3O3/c1-17(2,3)14(21)12-19-8-10-20(11-9-19)16(23)13-6-5-7-18(4)15(13)22/h5-7,14,21H,8-12H2,1-4H3/t14-/m1/s1. The van der Waals surface area contributed by atoms with Crippen LogP contribution < -0.4 is 5.56 Å². The highest BCUT2D eigenvalue weighted by Crippen LogP contribution is 2.20. The summed E-state index contributed by atoms with van der Waals surface area (Å²) >= 11 is 0. The van der Waals surface area contributed by atoms with Crippen molar-refractivity contribution in [3.8, 4) is 0 Å². The SMILES string of the molecule is Cn1cccc(C(=O)N2CCN(C[C@@H](O)C(C)(C)C)CC2)c1=O. The van der Waals surface area contributed by atoms with E-state index in [1.54, 1.807) is 30.3 Å². The zero-order valence-corrected chi connectivity index (χ0v) is 14.5. The molecule has 2 rings (SSSR count). The predicted octanol–water partition coefficient (Wildman–Crippen LogP) is 0.550. The van der Waals surface area contributed by atoms with Crippen molar-refractivity contribution in [2.45, 2.75) is 26.9 Å². The van der Waals surface area contributed by atoms with Crippen molar-refractivity contribution in [1.29, 1.82) is 0 Å². The Hall–Kier alpha value is -1.66. The Balaban J connectivity index is 1.95. The molecule has 6 nitrogen and oxygen atoms in total. The van der Waals surface area contributed by atoms with Gasteiger partial charge in [-0.15, -0.1) is 0 Å². The van der Waals surface area contributed by atoms with E-state index in [0.29, 0.717) is 32.7 Å². The number of pyridine rings is 1. The van der Waals surface area contributed by atoms with Gasteiger partial charge in [0, 0.05) is 46.0 Å². The minimum Gasteiger partial charge on any atom is -0.391 e. The van der Waals surface area contributed by atoms with E-state index in [2.05, 4.69) is 4.90 Å². The van der Waals surface area contributed by atoms with Gasteiger partial charge in [-0.25, -0.2) is 0 Å². The molecule has 1 aliphatic heterocycles. The fourth-order valence-corrected chi connectivity index (χ4v) is 2.58. The molecule has 1 aromatic rings. The van der Waals surface area contributed by atoms with Crippen molar-refractivity contribution in [3.63, 3.8) is 0 Å². The molecule has 6 heteroatoms. The van der Waals surface area contributed by atoms with Crippen LogP contribution >= 0.6 is 0 Å². The average Bonchev–Trinajstić information content (AvgIpc) is 2.49. The fraction of sp³-hybridized carbons (Fsp3) is 0.647. The summed E-state index contributed by atoms with van der Waals surface area (Å²) in [6, 6.07) is 3.30. The third kappa shape index (κ3) is 4.20. The van der Waals surface area contributed by atoms with Gasteiger partial charge in [0.2, 0.25) is 0 Å². The molecule has 128 valence electrons. The van der Waals surface area contributed by atoms with Gasteiger partial charge in [-0.3, -0.25) is 14.5 Å². The monoisotopic (exact) mass is 321 g/mol. The Bertz CT molecular complexity index is 610. The maximum Gasteiger partial charge on any atom is 0.263 e. The summed E-state index contributed by atoms with van der Waals surface area (Å²) in [6.45, 7) is 9.24. The summed E-state index contributed by atoms with van der Waals surface area (Å²) in [6.07, 6.45) is 1.25. The minimum absolute atomic E-state index is 0.150. The molecule has 23 heavy (non-hydrogen) atoms. The van der Waals surface area contributed by atoms with Crippen LogP contribution in [0.4, 0.5) is 0 Å². The molecule has 1 amide bonds. The molecule has 1 aliphatic rings. The molecule has 0 bridgehead atoms. The van der Waals surface area contributed by atoms with Gasteiger partial charge in [0.05, 0.1) is 6.10 Å². The molecule has 0 aromatic carbocycles. The quantitative estimate of drug-likeness (QED) is 0.883. The Morgan fingerprint density at radius 3 is 2.43 bits per heavy atom. The van der Waals surface area contributed by atoms with Gasteiger partial charge in [0.1, 0.15) is 5.56 Å². The van der Waals surface area contributed by atoms with Gasteiger partial charge in [-0.2, -0.15) is 0 Å². The lowest BCUT2D eigenvalue weighted by Gasteiger charge is -2.37. The number of carbonyl (C=O) groups excluding carboxylic acids is 1. The first-order valence-electron chi connectivity index (χ1n) is 8.05. The van der Waals surface area contributed by atoms with E-state index in [-0.39, 0.29) is 22.4 Å². The fourth-order valence-electron chi connectivity index (χ4n) is 2.58. The van der Waals surface area contributed by atoms with E-state index in [4.69, 9.17) is 0 Å². The first kappa shape index (κ1) is 17.7. The van der Waals surface area contributed by atoms with Crippen molar-refractivity contribution in [3.05, 3.63) is 34.2 Å². The van der Waals surface area contributed by atoms with Gasteiger partial charge in [-0.05, 0) is 17.5 Å². The minimum atomic E-state index is -0.397. The molecule has 1 fully saturated rings. The Morgan fingerprint density at radius 2 is 1.87 bits per heavy atom. The summed E-state index contributed by atoms with van der Waals surface area (Å²) in [5.41, 5.74) is -0.190. The number of amides is 1. The number of aliphatic hydroxyl groups is 1. The zero-order valence-electron chi connectivity index (χ0n) is 14.5. The third-order valence-electron chi connectivity index (χ3n) is 4.44. The molecule has 1 N–H and O–H groups in total. The first-order chi connectivity index (χ1) is 10.7. The van der Waals surface area contributed by atoms with Crippen molar-refractivity contribution in [2.24, 2.45) is 12.5 Å². The van der Waals surface area contributed by atoms with Crippen molar-refractivity contribution in [1.82, 2.24) is 14.4 Å². The Labute approximate surface area is 137 Å². The average molecular weight is 321 g/mol. The molecule has 1 aromatic heterocycles. The number of β-amino-alcohol motifs (C(OH)–C–C–N with tert-alkyl or cyclic N) is 1. The largest absolute Gasteiger partial charge is 0.391 e. The molecule has 0 aliphatic carbocycles. The predicted molar refractivity (Wildman–Crippen MR) is 89.5 cm³/mol. The van der Waals surface area contributed by atoms with Gasteiger partial charge in [-0.1, -0.05) is 20.8 Å². The number of rotatable bonds is 3. The van der Waals surface area contributed by atoms with Gasteiger partial charge >= 0.3 is 0 Å². The Kier molecular flexibility index (Phi) is 5.26. The summed E-state index contributed by atoms with van der Waals surface area (Å²) in [5.74, 6) is -0.206. The maximum atomic E-state index is 12.5. The van der Waals surface area contributed by atoms with Crippen LogP contribution in [-0.4, -0.2) is 64.2 Å². The Morgan fingerprint density at radius 1 is 1.26 bits per heavy atom. The number of aryl methyl sites for hydroxylation is 1. The zero-order chi connectivity index (χ0) is 17.2. The number of aromatic nitrogens is 1. The lowest BCUT2D eigenvalue weighted by atomic mass is 9.89. The number of hydrogen-bond acceptors (Lipinski definition) is 4. The van der Waals surface area contributed by atoms with Crippen molar-refractivity contribution >= 4 is 5.91 Å². The molecule has 1 saturated heterocycles. The van der Waals surface area contributed by atoms with Crippen LogP contribution in [0, 0.1) is 5.41 Å². The van der Waals surface area contributed by atoms with E-state index in [1.165, 1.54) is 4.57 Å². The lowest BCUT2D eigenvalue weighted by molar-refractivity contribution is 0.0136. The van der Waals surface area contributed by atoms with Crippen LogP contribution in [0.1, 0.15) is 31.1 Å². The van der Waals surface area contributed by atoms with E-state index in [0.717, 1.165) is 0 Å². The highest BCUT2D eigenvalue weighted by atomic mass is 16.3. The smallest absolute Gasteiger partial charge is 0.263 e. The van der Waals surface area contributed by atoms with E-state index >= 15 is 0 Å². The molecule has 0 radical (unpaired) electrons. The van der Waals surface area contributed by atoms with Gasteiger partial charge < -0.3 is 14.6 Å². The number of hydrogen-bond donors (Lipinski definition) is 1. The van der Waals surface area contributed by atoms with Crippen LogP contribution in [0.25, 0.3) is 0 Å². The highest BCUT2D eigenvalue weighted by Gasteiger charge is 2.28. The molecular weight excluding hydrogens is 294 g/mol. The molecule has 0 spiro atoms. The molecule has 0 unspecified atom stereocenters. The van der Waals surface area contributed by atoms with Crippen LogP contribution in [0.15, 0.2) is 23.1 Å². The van der Waals surface area contributed by atoms with Crippen LogP contribution in [-0.2, 0) is 7.05 Å².